The molecule has 0 unspecified atom stereocenters. The fourth-order valence-corrected chi connectivity index (χ4v) is 4.10. The number of anilines is 1. The number of aromatic amines is 1. The molecule has 1 aliphatic rings. The van der Waals surface area contributed by atoms with E-state index in [9.17, 15) is 9.59 Å². The van der Waals surface area contributed by atoms with E-state index >= 15 is 0 Å². The van der Waals surface area contributed by atoms with E-state index in [0.29, 0.717) is 29.0 Å². The average Bonchev–Trinajstić information content (AvgIpc) is 3.28. The van der Waals surface area contributed by atoms with Gasteiger partial charge in [-0.15, -0.1) is 5.10 Å². The maximum absolute atomic E-state index is 12.8. The molecule has 1 saturated heterocycles. The van der Waals surface area contributed by atoms with Crippen molar-refractivity contribution in [2.75, 3.05) is 11.5 Å². The first kappa shape index (κ1) is 19.2. The number of thioether (sulfide) groups is 1. The molecule has 0 spiro atoms. The number of nitrogens with one attached hydrogen (secondary N) is 1. The molecule has 1 aliphatic heterocycles. The molecule has 1 atom stereocenters. The Labute approximate surface area is 172 Å². The Hall–Kier alpha value is -3.13. The summed E-state index contributed by atoms with van der Waals surface area (Å²) in [6.07, 6.45) is 0.116. The van der Waals surface area contributed by atoms with Gasteiger partial charge in [0.1, 0.15) is 11.0 Å². The maximum atomic E-state index is 12.8. The van der Waals surface area contributed by atoms with Gasteiger partial charge in [-0.2, -0.15) is 0 Å². The van der Waals surface area contributed by atoms with E-state index in [-0.39, 0.29) is 18.2 Å². The molecule has 8 heteroatoms. The van der Waals surface area contributed by atoms with Crippen molar-refractivity contribution in [3.63, 3.8) is 0 Å². The van der Waals surface area contributed by atoms with Crippen molar-refractivity contribution >= 4 is 29.3 Å². The summed E-state index contributed by atoms with van der Waals surface area (Å²) in [4.78, 5) is 31.0. The zero-order valence-electron chi connectivity index (χ0n) is 16.1. The molecule has 3 aromatic rings. The lowest BCUT2D eigenvalue weighted by molar-refractivity contribution is -0.121. The minimum atomic E-state index is -0.546. The molecule has 0 aliphatic carbocycles. The van der Waals surface area contributed by atoms with Crippen molar-refractivity contribution in [2.24, 2.45) is 0 Å². The van der Waals surface area contributed by atoms with Gasteiger partial charge in [0.15, 0.2) is 5.82 Å². The molecule has 0 radical (unpaired) electrons. The third-order valence-electron chi connectivity index (χ3n) is 4.52. The number of imide groups is 1. The minimum absolute atomic E-state index is 0.116. The number of hydrogen-bond acceptors (Lipinski definition) is 6. The van der Waals surface area contributed by atoms with Gasteiger partial charge < -0.3 is 4.74 Å². The fourth-order valence-electron chi connectivity index (χ4n) is 3.17. The first-order valence-electron chi connectivity index (χ1n) is 9.31. The Bertz CT molecular complexity index is 1050. The van der Waals surface area contributed by atoms with E-state index in [1.165, 1.54) is 16.7 Å². The topological polar surface area (TPSA) is 88.2 Å². The lowest BCUT2D eigenvalue weighted by Crippen LogP contribution is -2.31. The van der Waals surface area contributed by atoms with Gasteiger partial charge in [0.05, 0.1) is 12.3 Å². The highest BCUT2D eigenvalue weighted by molar-refractivity contribution is 8.00. The molecule has 2 aromatic carbocycles. The molecule has 1 fully saturated rings. The van der Waals surface area contributed by atoms with Crippen LogP contribution in [0, 0.1) is 6.92 Å². The average molecular weight is 408 g/mol. The molecule has 0 bridgehead atoms. The summed E-state index contributed by atoms with van der Waals surface area (Å²) in [5, 5.41) is 7.01. The number of H-pyrrole nitrogens is 1. The second kappa shape index (κ2) is 8.08. The van der Waals surface area contributed by atoms with Crippen LogP contribution in [0.15, 0.2) is 53.7 Å². The van der Waals surface area contributed by atoms with E-state index in [2.05, 4.69) is 15.2 Å². The van der Waals surface area contributed by atoms with Crippen LogP contribution in [0.1, 0.15) is 18.9 Å². The van der Waals surface area contributed by atoms with Crippen LogP contribution >= 0.6 is 11.8 Å². The number of rotatable bonds is 6. The van der Waals surface area contributed by atoms with Crippen LogP contribution in [0.5, 0.6) is 5.75 Å². The van der Waals surface area contributed by atoms with Gasteiger partial charge in [-0.25, -0.2) is 9.88 Å². The number of nitrogens with zero attached hydrogens (tertiary/aromatic N) is 3. The smallest absolute Gasteiger partial charge is 0.247 e. The molecule has 1 aromatic heterocycles. The highest BCUT2D eigenvalue weighted by Crippen LogP contribution is 2.33. The van der Waals surface area contributed by atoms with Crippen molar-refractivity contribution in [3.05, 3.63) is 54.1 Å². The summed E-state index contributed by atoms with van der Waals surface area (Å²) in [5.74, 6) is 0.846. The molecule has 29 heavy (non-hydrogen) atoms. The number of hydrogen-bond donors (Lipinski definition) is 1. The van der Waals surface area contributed by atoms with Crippen molar-refractivity contribution in [3.8, 4) is 17.1 Å². The minimum Gasteiger partial charge on any atom is -0.494 e. The van der Waals surface area contributed by atoms with Gasteiger partial charge in [-0.1, -0.05) is 35.5 Å². The van der Waals surface area contributed by atoms with Crippen LogP contribution in [-0.2, 0) is 9.59 Å². The van der Waals surface area contributed by atoms with Gasteiger partial charge >= 0.3 is 0 Å². The second-order valence-electron chi connectivity index (χ2n) is 6.64. The number of ether oxygens (including phenoxy) is 1. The highest BCUT2D eigenvalue weighted by Gasteiger charge is 2.40. The number of amides is 2. The van der Waals surface area contributed by atoms with Gasteiger partial charge in [0.25, 0.3) is 0 Å². The van der Waals surface area contributed by atoms with Crippen LogP contribution in [0.3, 0.4) is 0 Å². The van der Waals surface area contributed by atoms with Crippen LogP contribution in [0.2, 0.25) is 0 Å². The van der Waals surface area contributed by atoms with Crippen molar-refractivity contribution < 1.29 is 14.3 Å². The first-order chi connectivity index (χ1) is 14.0. The number of aryl methyl sites for hydroxylation is 1. The Balaban J connectivity index is 1.48. The second-order valence-corrected chi connectivity index (χ2v) is 7.81. The third kappa shape index (κ3) is 4.02. The number of aromatic nitrogens is 3. The molecule has 0 saturated carbocycles. The SMILES string of the molecule is CCOc1ccc(N2C(=O)C[C@H](Sc3n[nH]c(-c4cccc(C)c4)n3)C2=O)cc1. The van der Waals surface area contributed by atoms with Gasteiger partial charge in [-0.05, 0) is 44.2 Å². The Kier molecular flexibility index (Phi) is 5.35. The predicted molar refractivity (Wildman–Crippen MR) is 111 cm³/mol. The molecule has 1 N–H and O–H groups in total. The number of carbonyl (C=O) groups excluding carboxylic acids is 2. The maximum Gasteiger partial charge on any atom is 0.247 e. The highest BCUT2D eigenvalue weighted by atomic mass is 32.2. The monoisotopic (exact) mass is 408 g/mol. The standard InChI is InChI=1S/C21H20N4O3S/c1-3-28-16-9-7-15(8-10-16)25-18(26)12-17(20(25)27)29-21-22-19(23-24-21)14-6-4-5-13(2)11-14/h4-11,17H,3,12H2,1-2H3,(H,22,23,24)/t17-/m0/s1. The zero-order chi connectivity index (χ0) is 20.4. The third-order valence-corrected chi connectivity index (χ3v) is 5.56. The molecule has 148 valence electrons. The van der Waals surface area contributed by atoms with Crippen molar-refractivity contribution in [1.82, 2.24) is 15.2 Å². The number of benzene rings is 2. The molecular formula is C21H20N4O3S. The van der Waals surface area contributed by atoms with Gasteiger partial charge in [0, 0.05) is 12.0 Å². The Morgan fingerprint density at radius 2 is 2.00 bits per heavy atom. The first-order valence-corrected chi connectivity index (χ1v) is 10.2. The summed E-state index contributed by atoms with van der Waals surface area (Å²) in [6.45, 7) is 4.46. The Morgan fingerprint density at radius 3 is 2.72 bits per heavy atom. The quantitative estimate of drug-likeness (QED) is 0.627. The van der Waals surface area contributed by atoms with Gasteiger partial charge in [-0.3, -0.25) is 14.7 Å². The van der Waals surface area contributed by atoms with Crippen molar-refractivity contribution in [1.29, 1.82) is 0 Å². The Morgan fingerprint density at radius 1 is 1.21 bits per heavy atom. The normalized spacial score (nSPS) is 16.5. The van der Waals surface area contributed by atoms with Crippen LogP contribution < -0.4 is 9.64 Å². The predicted octanol–water partition coefficient (Wildman–Crippen LogP) is 3.60. The summed E-state index contributed by atoms with van der Waals surface area (Å²) in [5.41, 5.74) is 2.59. The summed E-state index contributed by atoms with van der Waals surface area (Å²) >= 11 is 1.20. The lowest BCUT2D eigenvalue weighted by atomic mass is 10.1. The number of carbonyl (C=O) groups is 2. The van der Waals surface area contributed by atoms with Gasteiger partial charge in [0.2, 0.25) is 17.0 Å². The summed E-state index contributed by atoms with van der Waals surface area (Å²) < 4.78 is 5.41. The molecule has 2 heterocycles. The van der Waals surface area contributed by atoms with E-state index < -0.39 is 5.25 Å². The zero-order valence-corrected chi connectivity index (χ0v) is 16.9. The largest absolute Gasteiger partial charge is 0.494 e. The summed E-state index contributed by atoms with van der Waals surface area (Å²) in [6, 6.07) is 14.9. The summed E-state index contributed by atoms with van der Waals surface area (Å²) in [7, 11) is 0. The molecule has 4 rings (SSSR count). The molecular weight excluding hydrogens is 388 g/mol. The molecule has 7 nitrogen and oxygen atoms in total. The van der Waals surface area contributed by atoms with E-state index in [1.807, 2.05) is 38.1 Å². The molecule has 2 amide bonds. The fraction of sp³-hybridized carbons (Fsp3) is 0.238. The van der Waals surface area contributed by atoms with E-state index in [4.69, 9.17) is 4.74 Å². The van der Waals surface area contributed by atoms with Crippen LogP contribution in [0.4, 0.5) is 5.69 Å². The van der Waals surface area contributed by atoms with Crippen LogP contribution in [-0.4, -0.2) is 38.9 Å². The van der Waals surface area contributed by atoms with E-state index in [1.54, 1.807) is 24.3 Å². The van der Waals surface area contributed by atoms with E-state index in [0.717, 1.165) is 11.1 Å². The lowest BCUT2D eigenvalue weighted by Gasteiger charge is -2.15. The van der Waals surface area contributed by atoms with Crippen molar-refractivity contribution in [2.45, 2.75) is 30.7 Å². The van der Waals surface area contributed by atoms with Crippen LogP contribution in [0.25, 0.3) is 11.4 Å².